The van der Waals surface area contributed by atoms with Crippen LogP contribution >= 0.6 is 0 Å². The van der Waals surface area contributed by atoms with Gasteiger partial charge < -0.3 is 19.7 Å². The first-order chi connectivity index (χ1) is 12.9. The van der Waals surface area contributed by atoms with Crippen molar-refractivity contribution in [1.29, 1.82) is 0 Å². The first-order valence-corrected chi connectivity index (χ1v) is 8.85. The molecule has 27 heavy (non-hydrogen) atoms. The zero-order valence-corrected chi connectivity index (χ0v) is 15.3. The van der Waals surface area contributed by atoms with Crippen LogP contribution in [-0.2, 0) is 22.6 Å². The molecular weight excluding hydrogens is 348 g/mol. The van der Waals surface area contributed by atoms with Gasteiger partial charge in [-0.05, 0) is 30.0 Å². The van der Waals surface area contributed by atoms with Gasteiger partial charge in [-0.1, -0.05) is 32.0 Å². The fourth-order valence-electron chi connectivity index (χ4n) is 3.24. The summed E-state index contributed by atoms with van der Waals surface area (Å²) in [5.74, 6) is -1.59. The lowest BCUT2D eigenvalue weighted by Gasteiger charge is -2.18. The number of furan rings is 1. The molecular formula is C20H22N2O5. The molecule has 0 bridgehead atoms. The first kappa shape index (κ1) is 18.7. The van der Waals surface area contributed by atoms with Gasteiger partial charge in [0.2, 0.25) is 5.91 Å². The summed E-state index contributed by atoms with van der Waals surface area (Å²) in [6.45, 7) is 3.96. The summed E-state index contributed by atoms with van der Waals surface area (Å²) >= 11 is 0. The summed E-state index contributed by atoms with van der Waals surface area (Å²) in [5, 5.41) is 11.8. The van der Waals surface area contributed by atoms with Crippen LogP contribution in [0.2, 0.25) is 0 Å². The molecule has 0 saturated carbocycles. The lowest BCUT2D eigenvalue weighted by Crippen LogP contribution is -2.42. The summed E-state index contributed by atoms with van der Waals surface area (Å²) < 4.78 is 5.30. The number of hydrogen-bond acceptors (Lipinski definition) is 4. The van der Waals surface area contributed by atoms with E-state index in [1.165, 1.54) is 6.26 Å². The van der Waals surface area contributed by atoms with E-state index in [4.69, 9.17) is 4.42 Å². The predicted octanol–water partition coefficient (Wildman–Crippen LogP) is 2.60. The molecule has 0 radical (unpaired) electrons. The number of para-hydroxylation sites is 1. The Morgan fingerprint density at radius 3 is 2.70 bits per heavy atom. The third kappa shape index (κ3) is 4.02. The highest BCUT2D eigenvalue weighted by Crippen LogP contribution is 2.30. The predicted molar refractivity (Wildman–Crippen MR) is 98.4 cm³/mol. The fraction of sp³-hybridized carbons (Fsp3) is 0.350. The molecule has 142 valence electrons. The van der Waals surface area contributed by atoms with Crippen molar-refractivity contribution in [2.45, 2.75) is 39.3 Å². The molecule has 2 aromatic rings. The van der Waals surface area contributed by atoms with Gasteiger partial charge in [-0.25, -0.2) is 4.79 Å². The summed E-state index contributed by atoms with van der Waals surface area (Å²) in [6.07, 6.45) is 2.01. The van der Waals surface area contributed by atoms with E-state index in [1.54, 1.807) is 11.0 Å². The molecule has 0 aliphatic carbocycles. The van der Waals surface area contributed by atoms with Crippen LogP contribution < -0.4 is 10.2 Å². The van der Waals surface area contributed by atoms with E-state index in [0.717, 1.165) is 11.3 Å². The van der Waals surface area contributed by atoms with Gasteiger partial charge in [0.1, 0.15) is 6.04 Å². The summed E-state index contributed by atoms with van der Waals surface area (Å²) in [5.41, 5.74) is 2.30. The standard InChI is InChI=1S/C20H22N2O5/c1-12(2)9-15(20(25)26)21-19(24)18-14(7-8-27-18)11-22-16-6-4-3-5-13(16)10-17(22)23/h3-8,12,15H,9-11H2,1-2H3,(H,21,24)(H,25,26)/t15-/m1/s1. The van der Waals surface area contributed by atoms with E-state index in [-0.39, 0.29) is 24.1 Å². The Kier molecular flexibility index (Phi) is 5.30. The van der Waals surface area contributed by atoms with Gasteiger partial charge in [-0.15, -0.1) is 0 Å². The van der Waals surface area contributed by atoms with Gasteiger partial charge in [0, 0.05) is 11.3 Å². The number of fused-ring (bicyclic) bond motifs is 1. The number of hydrogen-bond donors (Lipinski definition) is 2. The minimum Gasteiger partial charge on any atom is -0.480 e. The van der Waals surface area contributed by atoms with Crippen molar-refractivity contribution in [2.75, 3.05) is 4.90 Å². The van der Waals surface area contributed by atoms with E-state index in [9.17, 15) is 19.5 Å². The van der Waals surface area contributed by atoms with Crippen molar-refractivity contribution in [1.82, 2.24) is 5.32 Å². The Morgan fingerprint density at radius 2 is 2.00 bits per heavy atom. The highest BCUT2D eigenvalue weighted by Gasteiger charge is 2.30. The molecule has 2 N–H and O–H groups in total. The van der Waals surface area contributed by atoms with Gasteiger partial charge in [0.25, 0.3) is 5.91 Å². The molecule has 1 aromatic heterocycles. The zero-order valence-electron chi connectivity index (χ0n) is 15.3. The number of carboxylic acid groups (broad SMARTS) is 1. The van der Waals surface area contributed by atoms with Crippen molar-refractivity contribution in [3.05, 3.63) is 53.5 Å². The van der Waals surface area contributed by atoms with Crippen LogP contribution in [0.3, 0.4) is 0 Å². The number of carbonyl (C=O) groups is 3. The quantitative estimate of drug-likeness (QED) is 0.780. The number of rotatable bonds is 7. The number of aliphatic carboxylic acids is 1. The Balaban J connectivity index is 1.77. The average molecular weight is 370 g/mol. The summed E-state index contributed by atoms with van der Waals surface area (Å²) in [6, 6.07) is 8.14. The van der Waals surface area contributed by atoms with E-state index >= 15 is 0 Å². The van der Waals surface area contributed by atoms with Gasteiger partial charge in [-0.2, -0.15) is 0 Å². The molecule has 1 aliphatic heterocycles. The van der Waals surface area contributed by atoms with Crippen molar-refractivity contribution >= 4 is 23.5 Å². The summed E-state index contributed by atoms with van der Waals surface area (Å²) in [4.78, 5) is 37.9. The zero-order chi connectivity index (χ0) is 19.6. The second-order valence-electron chi connectivity index (χ2n) is 7.05. The molecule has 0 spiro atoms. The highest BCUT2D eigenvalue weighted by atomic mass is 16.4. The maximum atomic E-state index is 12.6. The lowest BCUT2D eigenvalue weighted by atomic mass is 10.0. The van der Waals surface area contributed by atoms with Gasteiger partial charge in [0.15, 0.2) is 5.76 Å². The van der Waals surface area contributed by atoms with E-state index in [0.29, 0.717) is 18.4 Å². The minimum absolute atomic E-state index is 0.0298. The van der Waals surface area contributed by atoms with Crippen LogP contribution in [0.5, 0.6) is 0 Å². The maximum Gasteiger partial charge on any atom is 0.326 e. The average Bonchev–Trinajstić information content (AvgIpc) is 3.19. The van der Waals surface area contributed by atoms with Gasteiger partial charge >= 0.3 is 5.97 Å². The van der Waals surface area contributed by atoms with Crippen molar-refractivity contribution in [2.24, 2.45) is 5.92 Å². The van der Waals surface area contributed by atoms with Crippen LogP contribution in [-0.4, -0.2) is 28.9 Å². The Labute approximate surface area is 157 Å². The molecule has 7 heteroatoms. The smallest absolute Gasteiger partial charge is 0.326 e. The molecule has 1 aromatic carbocycles. The molecule has 3 rings (SSSR count). The third-order valence-corrected chi connectivity index (χ3v) is 4.52. The monoisotopic (exact) mass is 370 g/mol. The minimum atomic E-state index is -1.09. The number of carboxylic acids is 1. The lowest BCUT2D eigenvalue weighted by molar-refractivity contribution is -0.139. The second kappa shape index (κ2) is 7.65. The summed E-state index contributed by atoms with van der Waals surface area (Å²) in [7, 11) is 0. The molecule has 2 heterocycles. The largest absolute Gasteiger partial charge is 0.480 e. The Morgan fingerprint density at radius 1 is 1.26 bits per heavy atom. The third-order valence-electron chi connectivity index (χ3n) is 4.52. The van der Waals surface area contributed by atoms with Crippen molar-refractivity contribution < 1.29 is 23.9 Å². The van der Waals surface area contributed by atoms with Crippen LogP contribution in [0, 0.1) is 5.92 Å². The van der Waals surface area contributed by atoms with Crippen molar-refractivity contribution in [3.63, 3.8) is 0 Å². The SMILES string of the molecule is CC(C)C[C@@H](NC(=O)c1occc1CN1C(=O)Cc2ccccc21)C(=O)O. The normalized spacial score (nSPS) is 14.3. The number of nitrogens with zero attached hydrogens (tertiary/aromatic N) is 1. The number of benzene rings is 1. The number of carbonyl (C=O) groups excluding carboxylic acids is 2. The van der Waals surface area contributed by atoms with Crippen LogP contribution in [0.15, 0.2) is 41.0 Å². The van der Waals surface area contributed by atoms with Crippen LogP contribution in [0.25, 0.3) is 0 Å². The van der Waals surface area contributed by atoms with E-state index in [2.05, 4.69) is 5.32 Å². The van der Waals surface area contributed by atoms with Gasteiger partial charge in [-0.3, -0.25) is 9.59 Å². The maximum absolute atomic E-state index is 12.6. The van der Waals surface area contributed by atoms with Gasteiger partial charge in [0.05, 0.1) is 19.2 Å². The Bertz CT molecular complexity index is 871. The molecule has 0 saturated heterocycles. The fourth-order valence-corrected chi connectivity index (χ4v) is 3.24. The van der Waals surface area contributed by atoms with Crippen LogP contribution in [0.1, 0.15) is 41.9 Å². The Hall–Kier alpha value is -3.09. The van der Waals surface area contributed by atoms with E-state index in [1.807, 2.05) is 38.1 Å². The number of nitrogens with one attached hydrogen (secondary N) is 1. The van der Waals surface area contributed by atoms with Crippen molar-refractivity contribution in [3.8, 4) is 0 Å². The molecule has 7 nitrogen and oxygen atoms in total. The molecule has 2 amide bonds. The molecule has 0 fully saturated rings. The molecule has 1 atom stereocenters. The van der Waals surface area contributed by atoms with Crippen LogP contribution in [0.4, 0.5) is 5.69 Å². The first-order valence-electron chi connectivity index (χ1n) is 8.85. The second-order valence-corrected chi connectivity index (χ2v) is 7.05. The van der Waals surface area contributed by atoms with E-state index < -0.39 is 17.9 Å². The number of anilines is 1. The number of amides is 2. The molecule has 0 unspecified atom stereocenters. The molecule has 1 aliphatic rings. The highest BCUT2D eigenvalue weighted by molar-refractivity contribution is 6.02. The topological polar surface area (TPSA) is 99.9 Å².